The molecule has 0 aliphatic heterocycles. The number of amides is 1. The quantitative estimate of drug-likeness (QED) is 0.411. The number of rotatable bonds is 6. The van der Waals surface area contributed by atoms with Crippen molar-refractivity contribution in [2.75, 3.05) is 11.9 Å². The molecular weight excluding hydrogens is 458 g/mol. The number of ether oxygens (including phenoxy) is 1. The molecule has 1 amide bonds. The zero-order valence-electron chi connectivity index (χ0n) is 16.3. The standard InChI is InChI=1S/C21H16ClN3O4S2/c1-2-29-21(28)18-14(16-4-3-7-30-16)10-31-19(18)24-17(26)9-25-11-23-15-6-5-12(22)8-13(15)20(25)27/h3-8,10-11H,2,9H2,1H3,(H,24,26). The first-order valence-corrected chi connectivity index (χ1v) is 11.4. The Hall–Kier alpha value is -3.01. The molecule has 1 aromatic carbocycles. The van der Waals surface area contributed by atoms with Crippen molar-refractivity contribution in [3.63, 3.8) is 0 Å². The van der Waals surface area contributed by atoms with Crippen molar-refractivity contribution in [1.82, 2.24) is 9.55 Å². The second-order valence-corrected chi connectivity index (χ2v) is 8.70. The molecule has 3 heterocycles. The minimum absolute atomic E-state index is 0.215. The Bertz CT molecular complexity index is 1330. The van der Waals surface area contributed by atoms with Gasteiger partial charge in [0.05, 0.1) is 23.8 Å². The van der Waals surface area contributed by atoms with E-state index in [1.54, 1.807) is 24.4 Å². The summed E-state index contributed by atoms with van der Waals surface area (Å²) in [6.45, 7) is 1.67. The fourth-order valence-electron chi connectivity index (χ4n) is 3.03. The summed E-state index contributed by atoms with van der Waals surface area (Å²) in [5.41, 5.74) is 1.12. The van der Waals surface area contributed by atoms with Crippen LogP contribution in [0.2, 0.25) is 5.02 Å². The summed E-state index contributed by atoms with van der Waals surface area (Å²) in [5.74, 6) is -0.975. The average Bonchev–Trinajstić information content (AvgIpc) is 3.40. The number of carbonyl (C=O) groups excluding carboxylic acids is 2. The van der Waals surface area contributed by atoms with E-state index in [0.29, 0.717) is 32.1 Å². The molecule has 0 aliphatic rings. The second kappa shape index (κ2) is 9.01. The van der Waals surface area contributed by atoms with Crippen LogP contribution in [0.5, 0.6) is 0 Å². The van der Waals surface area contributed by atoms with Gasteiger partial charge in [-0.05, 0) is 36.6 Å². The number of halogens is 1. The van der Waals surface area contributed by atoms with Gasteiger partial charge in [-0.3, -0.25) is 14.2 Å². The van der Waals surface area contributed by atoms with E-state index < -0.39 is 11.9 Å². The van der Waals surface area contributed by atoms with E-state index in [9.17, 15) is 14.4 Å². The van der Waals surface area contributed by atoms with Gasteiger partial charge in [0.15, 0.2) is 0 Å². The lowest BCUT2D eigenvalue weighted by Crippen LogP contribution is -2.28. The fourth-order valence-corrected chi connectivity index (χ4v) is 4.99. The molecule has 158 valence electrons. The van der Waals surface area contributed by atoms with Crippen LogP contribution in [0.3, 0.4) is 0 Å². The average molecular weight is 474 g/mol. The monoisotopic (exact) mass is 473 g/mol. The van der Waals surface area contributed by atoms with Gasteiger partial charge in [-0.25, -0.2) is 9.78 Å². The van der Waals surface area contributed by atoms with Crippen molar-refractivity contribution in [1.29, 1.82) is 0 Å². The van der Waals surface area contributed by atoms with Crippen molar-refractivity contribution in [2.45, 2.75) is 13.5 Å². The van der Waals surface area contributed by atoms with Gasteiger partial charge in [-0.1, -0.05) is 17.7 Å². The summed E-state index contributed by atoms with van der Waals surface area (Å²) in [5, 5.41) is 7.56. The third kappa shape index (κ3) is 4.39. The molecule has 0 atom stereocenters. The van der Waals surface area contributed by atoms with Gasteiger partial charge in [0.1, 0.15) is 17.1 Å². The number of nitrogens with one attached hydrogen (secondary N) is 1. The number of nitrogens with zero attached hydrogens (tertiary/aromatic N) is 2. The zero-order valence-corrected chi connectivity index (χ0v) is 18.6. The smallest absolute Gasteiger partial charge is 0.341 e. The minimum atomic E-state index is -0.512. The molecule has 0 saturated heterocycles. The van der Waals surface area contributed by atoms with Crippen LogP contribution >= 0.6 is 34.3 Å². The summed E-state index contributed by atoms with van der Waals surface area (Å²) >= 11 is 8.69. The molecule has 10 heteroatoms. The minimum Gasteiger partial charge on any atom is -0.462 e. The lowest BCUT2D eigenvalue weighted by atomic mass is 10.1. The number of fused-ring (bicyclic) bond motifs is 1. The number of hydrogen-bond donors (Lipinski definition) is 1. The molecule has 4 aromatic rings. The number of hydrogen-bond acceptors (Lipinski definition) is 7. The van der Waals surface area contributed by atoms with E-state index in [-0.39, 0.29) is 18.7 Å². The first kappa shape index (κ1) is 21.2. The molecule has 0 spiro atoms. The molecule has 7 nitrogen and oxygen atoms in total. The number of esters is 1. The predicted molar refractivity (Wildman–Crippen MR) is 123 cm³/mol. The van der Waals surface area contributed by atoms with Crippen molar-refractivity contribution in [3.8, 4) is 10.4 Å². The molecule has 0 unspecified atom stereocenters. The SMILES string of the molecule is CCOC(=O)c1c(-c2cccs2)csc1NC(=O)Cn1cnc2ccc(Cl)cc2c1=O. The van der Waals surface area contributed by atoms with Crippen molar-refractivity contribution < 1.29 is 14.3 Å². The maximum absolute atomic E-state index is 12.7. The Morgan fingerprint density at radius 1 is 1.26 bits per heavy atom. The highest BCUT2D eigenvalue weighted by Crippen LogP contribution is 2.38. The highest BCUT2D eigenvalue weighted by Gasteiger charge is 2.23. The molecule has 4 rings (SSSR count). The Balaban J connectivity index is 1.62. The molecular formula is C21H16ClN3O4S2. The van der Waals surface area contributed by atoms with E-state index in [1.807, 2.05) is 17.5 Å². The van der Waals surface area contributed by atoms with Crippen LogP contribution in [0.4, 0.5) is 5.00 Å². The van der Waals surface area contributed by atoms with Gasteiger partial charge >= 0.3 is 5.97 Å². The highest BCUT2D eigenvalue weighted by molar-refractivity contribution is 7.17. The second-order valence-electron chi connectivity index (χ2n) is 6.44. The Labute approximate surface area is 189 Å². The molecule has 0 saturated carbocycles. The summed E-state index contributed by atoms with van der Waals surface area (Å²) < 4.78 is 6.39. The molecule has 0 fully saturated rings. The topological polar surface area (TPSA) is 90.3 Å². The molecule has 0 radical (unpaired) electrons. The Kier molecular flexibility index (Phi) is 6.17. The lowest BCUT2D eigenvalue weighted by molar-refractivity contribution is -0.116. The van der Waals surface area contributed by atoms with Crippen LogP contribution in [0, 0.1) is 0 Å². The summed E-state index contributed by atoms with van der Waals surface area (Å²) in [4.78, 5) is 43.1. The maximum atomic E-state index is 12.7. The number of anilines is 1. The first-order chi connectivity index (χ1) is 15.0. The molecule has 31 heavy (non-hydrogen) atoms. The summed E-state index contributed by atoms with van der Waals surface area (Å²) in [7, 11) is 0. The third-order valence-electron chi connectivity index (χ3n) is 4.41. The van der Waals surface area contributed by atoms with Gasteiger partial charge in [0.25, 0.3) is 5.56 Å². The van der Waals surface area contributed by atoms with E-state index in [1.165, 1.54) is 39.6 Å². The van der Waals surface area contributed by atoms with Gasteiger partial charge in [-0.2, -0.15) is 0 Å². The summed E-state index contributed by atoms with van der Waals surface area (Å²) in [6.07, 6.45) is 1.32. The molecule has 3 aromatic heterocycles. The molecule has 0 aliphatic carbocycles. The van der Waals surface area contributed by atoms with Gasteiger partial charge < -0.3 is 10.1 Å². The number of benzene rings is 1. The number of carbonyl (C=O) groups is 2. The van der Waals surface area contributed by atoms with Crippen LogP contribution < -0.4 is 10.9 Å². The lowest BCUT2D eigenvalue weighted by Gasteiger charge is -2.09. The van der Waals surface area contributed by atoms with E-state index in [4.69, 9.17) is 16.3 Å². The maximum Gasteiger partial charge on any atom is 0.341 e. The molecule has 1 N–H and O–H groups in total. The van der Waals surface area contributed by atoms with Gasteiger partial charge in [0, 0.05) is 20.8 Å². The van der Waals surface area contributed by atoms with Crippen molar-refractivity contribution >= 4 is 62.1 Å². The number of thiophene rings is 2. The third-order valence-corrected chi connectivity index (χ3v) is 6.44. The van der Waals surface area contributed by atoms with Crippen LogP contribution in [0.1, 0.15) is 17.3 Å². The van der Waals surface area contributed by atoms with E-state index in [2.05, 4.69) is 10.3 Å². The highest BCUT2D eigenvalue weighted by atomic mass is 35.5. The number of aromatic nitrogens is 2. The van der Waals surface area contributed by atoms with Crippen LogP contribution in [0.25, 0.3) is 21.3 Å². The van der Waals surface area contributed by atoms with Crippen molar-refractivity contribution in [2.24, 2.45) is 0 Å². The largest absolute Gasteiger partial charge is 0.462 e. The normalized spacial score (nSPS) is 10.9. The zero-order chi connectivity index (χ0) is 22.0. The van der Waals surface area contributed by atoms with Gasteiger partial charge in [0.2, 0.25) is 5.91 Å². The van der Waals surface area contributed by atoms with E-state index in [0.717, 1.165) is 4.88 Å². The van der Waals surface area contributed by atoms with Crippen LogP contribution in [-0.2, 0) is 16.1 Å². The first-order valence-electron chi connectivity index (χ1n) is 9.25. The molecule has 0 bridgehead atoms. The fraction of sp³-hybridized carbons (Fsp3) is 0.143. The predicted octanol–water partition coefficient (Wildman–Crippen LogP) is 4.66. The van der Waals surface area contributed by atoms with Crippen LogP contribution in [0.15, 0.2) is 52.2 Å². The van der Waals surface area contributed by atoms with Crippen molar-refractivity contribution in [3.05, 3.63) is 68.4 Å². The van der Waals surface area contributed by atoms with Gasteiger partial charge in [-0.15, -0.1) is 22.7 Å². The summed E-state index contributed by atoms with van der Waals surface area (Å²) in [6, 6.07) is 8.59. The Morgan fingerprint density at radius 2 is 2.10 bits per heavy atom. The Morgan fingerprint density at radius 3 is 2.84 bits per heavy atom. The van der Waals surface area contributed by atoms with Crippen LogP contribution in [-0.4, -0.2) is 28.0 Å². The van der Waals surface area contributed by atoms with E-state index >= 15 is 0 Å².